The number of fused-ring (bicyclic) bond motifs is 8. The predicted octanol–water partition coefficient (Wildman–Crippen LogP) is 15.5. The summed E-state index contributed by atoms with van der Waals surface area (Å²) >= 11 is 0. The Balaban J connectivity index is 1.10. The Hall–Kier alpha value is -7.42. The highest BCUT2D eigenvalue weighted by atomic mass is 16.3. The normalized spacial score (nSPS) is 11.6. The molecule has 0 radical (unpaired) electrons. The molecule has 0 N–H and O–H groups in total. The van der Waals surface area contributed by atoms with Gasteiger partial charge in [-0.05, 0) is 74.1 Å². The fourth-order valence-electron chi connectivity index (χ4n) is 8.55. The van der Waals surface area contributed by atoms with Gasteiger partial charge in [0.05, 0.1) is 11.4 Å². The zero-order valence-electron chi connectivity index (χ0n) is 30.6. The fraction of sp³-hybridized carbons (Fsp3) is 0. The average molecular weight is 714 g/mol. The van der Waals surface area contributed by atoms with Crippen molar-refractivity contribution < 1.29 is 4.42 Å². The highest BCUT2D eigenvalue weighted by Gasteiger charge is 2.22. The van der Waals surface area contributed by atoms with Crippen LogP contribution in [0.5, 0.6) is 0 Å². The molecule has 0 spiro atoms. The van der Waals surface area contributed by atoms with Crippen molar-refractivity contribution in [2.24, 2.45) is 0 Å². The van der Waals surface area contributed by atoms with Gasteiger partial charge in [-0.3, -0.25) is 0 Å². The lowest BCUT2D eigenvalue weighted by atomic mass is 9.96. The number of rotatable bonds is 6. The van der Waals surface area contributed by atoms with Crippen LogP contribution < -0.4 is 4.90 Å². The Kier molecular flexibility index (Phi) is 7.53. The molecule has 2 heteroatoms. The van der Waals surface area contributed by atoms with E-state index in [1.807, 2.05) is 0 Å². The minimum absolute atomic E-state index is 0.893. The first-order chi connectivity index (χ1) is 27.8. The first-order valence-corrected chi connectivity index (χ1v) is 19.2. The molecular formula is C54H35NO. The summed E-state index contributed by atoms with van der Waals surface area (Å²) in [6, 6.07) is 76.4. The largest absolute Gasteiger partial charge is 0.455 e. The molecule has 0 saturated carbocycles. The maximum absolute atomic E-state index is 6.90. The second-order valence-corrected chi connectivity index (χ2v) is 14.4. The summed E-state index contributed by atoms with van der Waals surface area (Å²) in [6.07, 6.45) is 0. The molecule has 0 aliphatic rings. The van der Waals surface area contributed by atoms with Crippen LogP contribution in [0, 0.1) is 0 Å². The smallest absolute Gasteiger partial charge is 0.143 e. The molecule has 0 unspecified atom stereocenters. The minimum Gasteiger partial charge on any atom is -0.455 e. The van der Waals surface area contributed by atoms with E-state index in [4.69, 9.17) is 4.42 Å². The van der Waals surface area contributed by atoms with Crippen molar-refractivity contribution >= 4 is 71.3 Å². The quantitative estimate of drug-likeness (QED) is 0.160. The van der Waals surface area contributed by atoms with Gasteiger partial charge in [-0.1, -0.05) is 182 Å². The van der Waals surface area contributed by atoms with Crippen molar-refractivity contribution in [2.75, 3.05) is 4.90 Å². The highest BCUT2D eigenvalue weighted by Crippen LogP contribution is 2.47. The molecule has 0 bridgehead atoms. The Labute approximate surface area is 325 Å². The van der Waals surface area contributed by atoms with Gasteiger partial charge in [0.2, 0.25) is 0 Å². The molecule has 11 aromatic rings. The van der Waals surface area contributed by atoms with Crippen LogP contribution >= 0.6 is 0 Å². The number of para-hydroxylation sites is 2. The Morgan fingerprint density at radius 3 is 1.54 bits per heavy atom. The van der Waals surface area contributed by atoms with Gasteiger partial charge in [0, 0.05) is 38.4 Å². The van der Waals surface area contributed by atoms with Crippen molar-refractivity contribution in [1.82, 2.24) is 0 Å². The van der Waals surface area contributed by atoms with Crippen LogP contribution in [-0.2, 0) is 0 Å². The molecule has 0 fully saturated rings. The summed E-state index contributed by atoms with van der Waals surface area (Å²) in [6.45, 7) is 0. The van der Waals surface area contributed by atoms with Gasteiger partial charge < -0.3 is 9.32 Å². The van der Waals surface area contributed by atoms with Crippen molar-refractivity contribution in [3.63, 3.8) is 0 Å². The number of nitrogens with zero attached hydrogens (tertiary/aromatic N) is 1. The molecule has 11 rings (SSSR count). The standard InChI is InChI=1S/C54H35NO/c1-2-12-36(13-3-1)37-24-26-38(27-25-37)39-28-32-42(33-29-39)55(52-23-11-19-45-43-16-6-4-14-40(43)30-34-47(45)52)51-22-9-8-18-46(51)48-20-10-21-49-50-35-31-41-15-5-7-17-44(41)53(50)56-54(48)49/h1-35H. The molecule has 0 aliphatic carbocycles. The summed E-state index contributed by atoms with van der Waals surface area (Å²) in [5.74, 6) is 0. The molecule has 0 saturated heterocycles. The molecule has 262 valence electrons. The van der Waals surface area contributed by atoms with Crippen LogP contribution in [0.2, 0.25) is 0 Å². The van der Waals surface area contributed by atoms with E-state index in [1.165, 1.54) is 49.2 Å². The molecule has 1 aromatic heterocycles. The van der Waals surface area contributed by atoms with Crippen molar-refractivity contribution in [1.29, 1.82) is 0 Å². The van der Waals surface area contributed by atoms with Gasteiger partial charge in [-0.2, -0.15) is 0 Å². The van der Waals surface area contributed by atoms with E-state index in [9.17, 15) is 0 Å². The van der Waals surface area contributed by atoms with Gasteiger partial charge in [0.15, 0.2) is 0 Å². The van der Waals surface area contributed by atoms with Crippen molar-refractivity contribution in [2.45, 2.75) is 0 Å². The Morgan fingerprint density at radius 2 is 0.768 bits per heavy atom. The predicted molar refractivity (Wildman–Crippen MR) is 237 cm³/mol. The number of anilines is 3. The third-order valence-corrected chi connectivity index (χ3v) is 11.3. The van der Waals surface area contributed by atoms with Crippen LogP contribution in [0.25, 0.3) is 87.6 Å². The first kappa shape index (κ1) is 32.0. The van der Waals surface area contributed by atoms with Gasteiger partial charge in [0.1, 0.15) is 11.2 Å². The summed E-state index contributed by atoms with van der Waals surface area (Å²) in [5, 5.41) is 9.43. The van der Waals surface area contributed by atoms with Crippen LogP contribution in [0.1, 0.15) is 0 Å². The molecule has 2 nitrogen and oxygen atoms in total. The SMILES string of the molecule is c1ccc(-c2ccc(-c3ccc(N(c4ccccc4-c4cccc5c4oc4c6ccccc6ccc54)c4cccc5c4ccc4ccccc45)cc3)cc2)cc1. The maximum Gasteiger partial charge on any atom is 0.143 e. The van der Waals surface area contributed by atoms with E-state index in [0.717, 1.165) is 55.5 Å². The average Bonchev–Trinajstić information content (AvgIpc) is 3.67. The topological polar surface area (TPSA) is 16.4 Å². The molecule has 56 heavy (non-hydrogen) atoms. The van der Waals surface area contributed by atoms with E-state index in [-0.39, 0.29) is 0 Å². The number of hydrogen-bond donors (Lipinski definition) is 0. The zero-order valence-corrected chi connectivity index (χ0v) is 30.6. The number of furan rings is 1. The lowest BCUT2D eigenvalue weighted by Gasteiger charge is -2.29. The van der Waals surface area contributed by atoms with Gasteiger partial charge >= 0.3 is 0 Å². The van der Waals surface area contributed by atoms with Gasteiger partial charge in [-0.15, -0.1) is 0 Å². The summed E-state index contributed by atoms with van der Waals surface area (Å²) in [4.78, 5) is 2.42. The maximum atomic E-state index is 6.90. The van der Waals surface area contributed by atoms with E-state index in [0.29, 0.717) is 0 Å². The second-order valence-electron chi connectivity index (χ2n) is 14.4. The minimum atomic E-state index is 0.893. The van der Waals surface area contributed by atoms with Crippen molar-refractivity contribution in [3.05, 3.63) is 212 Å². The van der Waals surface area contributed by atoms with Crippen LogP contribution in [0.15, 0.2) is 217 Å². The third-order valence-electron chi connectivity index (χ3n) is 11.3. The number of hydrogen-bond acceptors (Lipinski definition) is 2. The highest BCUT2D eigenvalue weighted by molar-refractivity contribution is 6.18. The molecular weight excluding hydrogens is 679 g/mol. The molecule has 0 aliphatic heterocycles. The van der Waals surface area contributed by atoms with E-state index in [2.05, 4.69) is 217 Å². The molecule has 1 heterocycles. The third kappa shape index (κ3) is 5.26. The van der Waals surface area contributed by atoms with E-state index < -0.39 is 0 Å². The second kappa shape index (κ2) is 13.2. The first-order valence-electron chi connectivity index (χ1n) is 19.2. The van der Waals surface area contributed by atoms with Crippen LogP contribution in [-0.4, -0.2) is 0 Å². The van der Waals surface area contributed by atoms with E-state index in [1.54, 1.807) is 0 Å². The van der Waals surface area contributed by atoms with E-state index >= 15 is 0 Å². The summed E-state index contributed by atoms with van der Waals surface area (Å²) < 4.78 is 6.90. The number of benzene rings is 10. The van der Waals surface area contributed by atoms with Crippen LogP contribution in [0.3, 0.4) is 0 Å². The Morgan fingerprint density at radius 1 is 0.268 bits per heavy atom. The molecule has 0 atom stereocenters. The fourth-order valence-corrected chi connectivity index (χ4v) is 8.55. The summed E-state index contributed by atoms with van der Waals surface area (Å²) in [5.41, 5.74) is 12.0. The lowest BCUT2D eigenvalue weighted by Crippen LogP contribution is -2.11. The monoisotopic (exact) mass is 713 g/mol. The molecule has 10 aromatic carbocycles. The Bertz CT molecular complexity index is 3230. The van der Waals surface area contributed by atoms with Gasteiger partial charge in [-0.25, -0.2) is 0 Å². The molecule has 0 amide bonds. The summed E-state index contributed by atoms with van der Waals surface area (Å²) in [7, 11) is 0. The lowest BCUT2D eigenvalue weighted by molar-refractivity contribution is 0.674. The van der Waals surface area contributed by atoms with Gasteiger partial charge in [0.25, 0.3) is 0 Å². The zero-order chi connectivity index (χ0) is 37.0. The van der Waals surface area contributed by atoms with Crippen molar-refractivity contribution in [3.8, 4) is 33.4 Å². The van der Waals surface area contributed by atoms with Crippen LogP contribution in [0.4, 0.5) is 17.1 Å².